The highest BCUT2D eigenvalue weighted by atomic mass is 16.5. The zero-order valence-electron chi connectivity index (χ0n) is 11.3. The summed E-state index contributed by atoms with van der Waals surface area (Å²) in [5, 5.41) is 1.40. The maximum Gasteiger partial charge on any atom is 0.354 e. The van der Waals surface area contributed by atoms with Gasteiger partial charge < -0.3 is 14.3 Å². The molecule has 102 valence electrons. The molecule has 5 heteroatoms. The molecule has 0 fully saturated rings. The van der Waals surface area contributed by atoms with Gasteiger partial charge in [0.15, 0.2) is 0 Å². The zero-order chi connectivity index (χ0) is 14.3. The van der Waals surface area contributed by atoms with Crippen molar-refractivity contribution in [3.05, 3.63) is 46.4 Å². The summed E-state index contributed by atoms with van der Waals surface area (Å²) >= 11 is 0. The van der Waals surface area contributed by atoms with Crippen LogP contribution in [0.5, 0.6) is 0 Å². The van der Waals surface area contributed by atoms with Crippen LogP contribution in [0.3, 0.4) is 0 Å². The lowest BCUT2D eigenvalue weighted by Gasteiger charge is -2.05. The van der Waals surface area contributed by atoms with E-state index in [4.69, 9.17) is 4.74 Å². The summed E-state index contributed by atoms with van der Waals surface area (Å²) < 4.78 is 6.54. The molecule has 0 unspecified atom stereocenters. The van der Waals surface area contributed by atoms with Gasteiger partial charge in [-0.15, -0.1) is 0 Å². The van der Waals surface area contributed by atoms with Crippen LogP contribution in [0.25, 0.3) is 21.8 Å². The number of carbonyl (C=O) groups excluding carboxylic acids is 1. The lowest BCUT2D eigenvalue weighted by molar-refractivity contribution is 0.0520. The Morgan fingerprint density at radius 2 is 2.05 bits per heavy atom. The number of fused-ring (bicyclic) bond motifs is 3. The third-order valence-electron chi connectivity index (χ3n) is 3.38. The van der Waals surface area contributed by atoms with Crippen LogP contribution in [0, 0.1) is 0 Å². The van der Waals surface area contributed by atoms with Crippen LogP contribution in [0.1, 0.15) is 17.4 Å². The first kappa shape index (κ1) is 12.5. The van der Waals surface area contributed by atoms with Gasteiger partial charge in [0.25, 0.3) is 5.56 Å². The molecular weight excluding hydrogens is 256 g/mol. The summed E-state index contributed by atoms with van der Waals surface area (Å²) in [5.74, 6) is -0.449. The highest BCUT2D eigenvalue weighted by Crippen LogP contribution is 2.22. The van der Waals surface area contributed by atoms with E-state index >= 15 is 0 Å². The maximum atomic E-state index is 12.3. The first-order valence-electron chi connectivity index (χ1n) is 6.41. The SMILES string of the molecule is CCOC(=O)c1cc2c(=O)n(C)c3ccccc3c2[nH]1. The molecule has 3 aromatic rings. The van der Waals surface area contributed by atoms with E-state index in [1.807, 2.05) is 24.3 Å². The van der Waals surface area contributed by atoms with Gasteiger partial charge in [0.2, 0.25) is 0 Å². The van der Waals surface area contributed by atoms with Crippen LogP contribution in [0.2, 0.25) is 0 Å². The van der Waals surface area contributed by atoms with Crippen molar-refractivity contribution in [1.29, 1.82) is 0 Å². The van der Waals surface area contributed by atoms with E-state index in [2.05, 4.69) is 4.98 Å². The van der Waals surface area contributed by atoms with Gasteiger partial charge in [-0.3, -0.25) is 4.79 Å². The molecule has 0 atom stereocenters. The Morgan fingerprint density at radius 1 is 1.30 bits per heavy atom. The van der Waals surface area contributed by atoms with E-state index in [-0.39, 0.29) is 5.56 Å². The summed E-state index contributed by atoms with van der Waals surface area (Å²) in [4.78, 5) is 27.1. The van der Waals surface area contributed by atoms with Gasteiger partial charge >= 0.3 is 5.97 Å². The number of aromatic amines is 1. The number of rotatable bonds is 2. The van der Waals surface area contributed by atoms with Crippen molar-refractivity contribution in [2.45, 2.75) is 6.92 Å². The fourth-order valence-corrected chi connectivity index (χ4v) is 2.42. The number of nitrogens with zero attached hydrogens (tertiary/aromatic N) is 1. The average molecular weight is 270 g/mol. The van der Waals surface area contributed by atoms with E-state index in [0.717, 1.165) is 10.9 Å². The molecule has 3 rings (SSSR count). The molecule has 0 bridgehead atoms. The highest BCUT2D eigenvalue weighted by molar-refractivity contribution is 6.06. The Bertz CT molecular complexity index is 874. The molecule has 0 spiro atoms. The van der Waals surface area contributed by atoms with Crippen LogP contribution in [-0.2, 0) is 11.8 Å². The average Bonchev–Trinajstić information content (AvgIpc) is 2.90. The Hall–Kier alpha value is -2.56. The molecule has 5 nitrogen and oxygen atoms in total. The number of H-pyrrole nitrogens is 1. The third kappa shape index (κ3) is 1.71. The molecule has 0 aliphatic rings. The summed E-state index contributed by atoms with van der Waals surface area (Å²) in [6, 6.07) is 9.13. The van der Waals surface area contributed by atoms with Gasteiger partial charge in [-0.2, -0.15) is 0 Å². The van der Waals surface area contributed by atoms with Crippen molar-refractivity contribution in [2.24, 2.45) is 7.05 Å². The quantitative estimate of drug-likeness (QED) is 0.726. The van der Waals surface area contributed by atoms with Gasteiger partial charge in [0, 0.05) is 12.4 Å². The fourth-order valence-electron chi connectivity index (χ4n) is 2.42. The van der Waals surface area contributed by atoms with E-state index in [1.54, 1.807) is 24.6 Å². The lowest BCUT2D eigenvalue weighted by atomic mass is 10.1. The largest absolute Gasteiger partial charge is 0.461 e. The van der Waals surface area contributed by atoms with E-state index < -0.39 is 5.97 Å². The Kier molecular flexibility index (Phi) is 2.82. The van der Waals surface area contributed by atoms with Crippen molar-refractivity contribution in [2.75, 3.05) is 6.61 Å². The van der Waals surface area contributed by atoms with Crippen LogP contribution in [0.4, 0.5) is 0 Å². The second-order valence-corrected chi connectivity index (χ2v) is 4.57. The predicted molar refractivity (Wildman–Crippen MR) is 77.0 cm³/mol. The fraction of sp³-hybridized carbons (Fsp3) is 0.200. The minimum atomic E-state index is -0.449. The van der Waals surface area contributed by atoms with Gasteiger partial charge in [0.05, 0.1) is 23.0 Å². The molecule has 0 aliphatic carbocycles. The minimum Gasteiger partial charge on any atom is -0.461 e. The highest BCUT2D eigenvalue weighted by Gasteiger charge is 2.15. The molecule has 1 aromatic carbocycles. The number of hydrogen-bond acceptors (Lipinski definition) is 3. The van der Waals surface area contributed by atoms with E-state index in [1.165, 1.54) is 0 Å². The number of para-hydroxylation sites is 1. The van der Waals surface area contributed by atoms with Gasteiger partial charge in [-0.25, -0.2) is 4.79 Å². The normalized spacial score (nSPS) is 11.1. The monoisotopic (exact) mass is 270 g/mol. The molecule has 2 heterocycles. The first-order valence-corrected chi connectivity index (χ1v) is 6.41. The number of pyridine rings is 1. The molecule has 0 aliphatic heterocycles. The predicted octanol–water partition coefficient (Wildman–Crippen LogP) is 2.20. The van der Waals surface area contributed by atoms with Crippen molar-refractivity contribution in [3.63, 3.8) is 0 Å². The summed E-state index contributed by atoms with van der Waals surface area (Å²) in [6.07, 6.45) is 0. The number of esters is 1. The van der Waals surface area contributed by atoms with Gasteiger partial charge in [0.1, 0.15) is 5.69 Å². The Labute approximate surface area is 114 Å². The number of nitrogens with one attached hydrogen (secondary N) is 1. The number of ether oxygens (including phenoxy) is 1. The number of aryl methyl sites for hydroxylation is 1. The molecule has 0 amide bonds. The molecule has 1 N–H and O–H groups in total. The van der Waals surface area contributed by atoms with Crippen molar-refractivity contribution >= 4 is 27.8 Å². The standard InChI is InChI=1S/C15H14N2O3/c1-3-20-15(19)11-8-10-13(16-11)9-6-4-5-7-12(9)17(2)14(10)18/h4-8,16H,3H2,1-2H3. The molecule has 0 saturated heterocycles. The van der Waals surface area contributed by atoms with Crippen LogP contribution >= 0.6 is 0 Å². The second-order valence-electron chi connectivity index (χ2n) is 4.57. The molecular formula is C15H14N2O3. The Morgan fingerprint density at radius 3 is 2.80 bits per heavy atom. The van der Waals surface area contributed by atoms with Gasteiger partial charge in [-0.1, -0.05) is 18.2 Å². The number of hydrogen-bond donors (Lipinski definition) is 1. The Balaban J connectivity index is 2.38. The first-order chi connectivity index (χ1) is 9.63. The van der Waals surface area contributed by atoms with Gasteiger partial charge in [-0.05, 0) is 19.1 Å². The second kappa shape index (κ2) is 4.52. The third-order valence-corrected chi connectivity index (χ3v) is 3.38. The number of carbonyl (C=O) groups is 1. The summed E-state index contributed by atoms with van der Waals surface area (Å²) in [7, 11) is 1.72. The molecule has 2 aromatic heterocycles. The van der Waals surface area contributed by atoms with Crippen molar-refractivity contribution < 1.29 is 9.53 Å². The number of aromatic nitrogens is 2. The number of benzene rings is 1. The van der Waals surface area contributed by atoms with Crippen molar-refractivity contribution in [1.82, 2.24) is 9.55 Å². The lowest BCUT2D eigenvalue weighted by Crippen LogP contribution is -2.16. The molecule has 0 saturated carbocycles. The van der Waals surface area contributed by atoms with Crippen LogP contribution in [0.15, 0.2) is 35.1 Å². The van der Waals surface area contributed by atoms with Crippen molar-refractivity contribution in [3.8, 4) is 0 Å². The topological polar surface area (TPSA) is 64.1 Å². The maximum absolute atomic E-state index is 12.3. The van der Waals surface area contributed by atoms with Crippen LogP contribution in [-0.4, -0.2) is 22.1 Å². The summed E-state index contributed by atoms with van der Waals surface area (Å²) in [6.45, 7) is 2.04. The smallest absolute Gasteiger partial charge is 0.354 e. The minimum absolute atomic E-state index is 0.134. The summed E-state index contributed by atoms with van der Waals surface area (Å²) in [5.41, 5.74) is 1.66. The van der Waals surface area contributed by atoms with Crippen LogP contribution < -0.4 is 5.56 Å². The molecule has 20 heavy (non-hydrogen) atoms. The van der Waals surface area contributed by atoms with E-state index in [0.29, 0.717) is 23.2 Å². The van der Waals surface area contributed by atoms with E-state index in [9.17, 15) is 9.59 Å². The molecule has 0 radical (unpaired) electrons. The zero-order valence-corrected chi connectivity index (χ0v) is 11.3.